The van der Waals surface area contributed by atoms with Gasteiger partial charge in [-0.2, -0.15) is 5.26 Å². The van der Waals surface area contributed by atoms with E-state index in [0.29, 0.717) is 12.8 Å². The third-order valence-electron chi connectivity index (χ3n) is 2.41. The molecule has 0 saturated heterocycles. The number of rotatable bonds is 6. The first-order valence-electron chi connectivity index (χ1n) is 5.28. The number of amides is 1. The normalized spacial score (nSPS) is 10.6. The number of nitrogens with zero attached hydrogens (tertiary/aromatic N) is 2. The monoisotopic (exact) mass is 226 g/mol. The Morgan fingerprint density at radius 1 is 1.44 bits per heavy atom. The predicted molar refractivity (Wildman–Crippen MR) is 58.6 cm³/mol. The number of hydrogen-bond donors (Lipinski definition) is 1. The predicted octanol–water partition coefficient (Wildman–Crippen LogP) is 1.39. The first-order chi connectivity index (χ1) is 7.37. The SMILES string of the molecule is CCCC(=O)N(CCC#N)C(C)(C)C(=O)O. The van der Waals surface area contributed by atoms with Gasteiger partial charge in [-0.1, -0.05) is 6.92 Å². The first kappa shape index (κ1) is 14.4. The van der Waals surface area contributed by atoms with Gasteiger partial charge in [-0.25, -0.2) is 4.79 Å². The van der Waals surface area contributed by atoms with Crippen LogP contribution >= 0.6 is 0 Å². The van der Waals surface area contributed by atoms with Crippen molar-refractivity contribution >= 4 is 11.9 Å². The molecule has 0 radical (unpaired) electrons. The Kier molecular flexibility index (Phi) is 5.51. The zero-order chi connectivity index (χ0) is 12.8. The van der Waals surface area contributed by atoms with Gasteiger partial charge in [0.15, 0.2) is 0 Å². The molecule has 0 bridgehead atoms. The highest BCUT2D eigenvalue weighted by Crippen LogP contribution is 2.17. The van der Waals surface area contributed by atoms with Gasteiger partial charge in [-0.15, -0.1) is 0 Å². The Labute approximate surface area is 95.7 Å². The van der Waals surface area contributed by atoms with Crippen molar-refractivity contribution in [2.24, 2.45) is 0 Å². The van der Waals surface area contributed by atoms with Gasteiger partial charge in [0.1, 0.15) is 5.54 Å². The number of carboxylic acid groups (broad SMARTS) is 1. The van der Waals surface area contributed by atoms with Crippen LogP contribution in [-0.4, -0.2) is 34.0 Å². The molecule has 0 spiro atoms. The van der Waals surface area contributed by atoms with Gasteiger partial charge in [-0.05, 0) is 20.3 Å². The molecule has 0 aromatic rings. The molecule has 16 heavy (non-hydrogen) atoms. The van der Waals surface area contributed by atoms with Gasteiger partial charge in [0, 0.05) is 13.0 Å². The van der Waals surface area contributed by atoms with Crippen molar-refractivity contribution in [3.63, 3.8) is 0 Å². The maximum Gasteiger partial charge on any atom is 0.329 e. The van der Waals surface area contributed by atoms with Gasteiger partial charge in [0.2, 0.25) is 5.91 Å². The Hall–Kier alpha value is -1.57. The number of carbonyl (C=O) groups excluding carboxylic acids is 1. The van der Waals surface area contributed by atoms with Crippen LogP contribution in [0.5, 0.6) is 0 Å². The van der Waals surface area contributed by atoms with Crippen molar-refractivity contribution in [2.45, 2.75) is 45.6 Å². The zero-order valence-electron chi connectivity index (χ0n) is 9.99. The van der Waals surface area contributed by atoms with E-state index in [-0.39, 0.29) is 18.9 Å². The minimum absolute atomic E-state index is 0.145. The molecular formula is C11H18N2O3. The van der Waals surface area contributed by atoms with Crippen molar-refractivity contribution in [3.8, 4) is 6.07 Å². The van der Waals surface area contributed by atoms with Crippen LogP contribution in [-0.2, 0) is 9.59 Å². The Balaban J connectivity index is 4.86. The molecule has 0 rings (SSSR count). The van der Waals surface area contributed by atoms with E-state index in [0.717, 1.165) is 0 Å². The minimum Gasteiger partial charge on any atom is -0.480 e. The van der Waals surface area contributed by atoms with Crippen molar-refractivity contribution in [1.82, 2.24) is 4.90 Å². The zero-order valence-corrected chi connectivity index (χ0v) is 9.99. The van der Waals surface area contributed by atoms with Crippen LogP contribution in [0.1, 0.15) is 40.0 Å². The molecule has 0 fully saturated rings. The van der Waals surface area contributed by atoms with Crippen molar-refractivity contribution < 1.29 is 14.7 Å². The van der Waals surface area contributed by atoms with Crippen LogP contribution in [0.4, 0.5) is 0 Å². The Bertz CT molecular complexity index is 305. The fourth-order valence-corrected chi connectivity index (χ4v) is 1.34. The van der Waals surface area contributed by atoms with Crippen LogP contribution < -0.4 is 0 Å². The summed E-state index contributed by atoms with van der Waals surface area (Å²) in [6, 6.07) is 1.92. The number of nitriles is 1. The Morgan fingerprint density at radius 3 is 2.38 bits per heavy atom. The van der Waals surface area contributed by atoms with Crippen LogP contribution in [0.25, 0.3) is 0 Å². The highest BCUT2D eigenvalue weighted by atomic mass is 16.4. The lowest BCUT2D eigenvalue weighted by molar-refractivity contribution is -0.156. The molecule has 0 aliphatic heterocycles. The maximum absolute atomic E-state index is 11.8. The highest BCUT2D eigenvalue weighted by Gasteiger charge is 2.36. The molecule has 5 heteroatoms. The van der Waals surface area contributed by atoms with Gasteiger partial charge in [0.25, 0.3) is 0 Å². The summed E-state index contributed by atoms with van der Waals surface area (Å²) in [4.78, 5) is 24.1. The molecule has 0 aliphatic rings. The molecule has 1 N–H and O–H groups in total. The summed E-state index contributed by atoms with van der Waals surface area (Å²) in [5.74, 6) is -1.28. The van der Waals surface area contributed by atoms with Crippen LogP contribution in [0.15, 0.2) is 0 Å². The molecule has 1 amide bonds. The molecule has 0 heterocycles. The van der Waals surface area contributed by atoms with Gasteiger partial charge in [-0.3, -0.25) is 4.79 Å². The topological polar surface area (TPSA) is 81.4 Å². The van der Waals surface area contributed by atoms with E-state index in [4.69, 9.17) is 10.4 Å². The maximum atomic E-state index is 11.8. The molecule has 0 unspecified atom stereocenters. The number of hydrogen-bond acceptors (Lipinski definition) is 3. The van der Waals surface area contributed by atoms with Crippen LogP contribution in [0, 0.1) is 11.3 Å². The van der Waals surface area contributed by atoms with E-state index in [1.165, 1.54) is 18.7 Å². The standard InChI is InChI=1S/C11H18N2O3/c1-4-6-9(14)13(8-5-7-12)11(2,3)10(15)16/h4-6,8H2,1-3H3,(H,15,16). The summed E-state index contributed by atoms with van der Waals surface area (Å²) in [7, 11) is 0. The van der Waals surface area contributed by atoms with Crippen molar-refractivity contribution in [1.29, 1.82) is 5.26 Å². The molecule has 0 aliphatic carbocycles. The summed E-state index contributed by atoms with van der Waals surface area (Å²) < 4.78 is 0. The average Bonchev–Trinajstić information content (AvgIpc) is 2.18. The third kappa shape index (κ3) is 3.54. The second-order valence-electron chi connectivity index (χ2n) is 4.07. The molecular weight excluding hydrogens is 208 g/mol. The molecule has 0 atom stereocenters. The molecule has 0 aromatic heterocycles. The number of carboxylic acids is 1. The lowest BCUT2D eigenvalue weighted by Crippen LogP contribution is -2.53. The van der Waals surface area contributed by atoms with E-state index < -0.39 is 11.5 Å². The molecule has 0 aromatic carbocycles. The third-order valence-corrected chi connectivity index (χ3v) is 2.41. The molecule has 5 nitrogen and oxygen atoms in total. The van der Waals surface area contributed by atoms with E-state index in [2.05, 4.69) is 0 Å². The van der Waals surface area contributed by atoms with Crippen LogP contribution in [0.3, 0.4) is 0 Å². The van der Waals surface area contributed by atoms with E-state index in [9.17, 15) is 9.59 Å². The van der Waals surface area contributed by atoms with Gasteiger partial charge in [0.05, 0.1) is 12.5 Å². The second-order valence-corrected chi connectivity index (χ2v) is 4.07. The smallest absolute Gasteiger partial charge is 0.329 e. The first-order valence-corrected chi connectivity index (χ1v) is 5.28. The van der Waals surface area contributed by atoms with Gasteiger partial charge >= 0.3 is 5.97 Å². The second kappa shape index (κ2) is 6.11. The summed E-state index contributed by atoms with van der Waals surface area (Å²) in [5.41, 5.74) is -1.26. The summed E-state index contributed by atoms with van der Waals surface area (Å²) in [6.07, 6.45) is 1.12. The fourth-order valence-electron chi connectivity index (χ4n) is 1.34. The molecule has 90 valence electrons. The van der Waals surface area contributed by atoms with E-state index in [1.54, 1.807) is 0 Å². The van der Waals surface area contributed by atoms with Gasteiger partial charge < -0.3 is 10.0 Å². The summed E-state index contributed by atoms with van der Waals surface area (Å²) >= 11 is 0. The number of aliphatic carboxylic acids is 1. The van der Waals surface area contributed by atoms with E-state index >= 15 is 0 Å². The highest BCUT2D eigenvalue weighted by molar-refractivity contribution is 5.86. The Morgan fingerprint density at radius 2 is 2.00 bits per heavy atom. The summed E-state index contributed by atoms with van der Waals surface area (Å²) in [6.45, 7) is 4.96. The fraction of sp³-hybridized carbons (Fsp3) is 0.727. The average molecular weight is 226 g/mol. The molecule has 0 saturated carbocycles. The minimum atomic E-state index is -1.26. The van der Waals surface area contributed by atoms with Crippen LogP contribution in [0.2, 0.25) is 0 Å². The lowest BCUT2D eigenvalue weighted by Gasteiger charge is -2.34. The van der Waals surface area contributed by atoms with E-state index in [1.807, 2.05) is 13.0 Å². The quantitative estimate of drug-likeness (QED) is 0.742. The van der Waals surface area contributed by atoms with Crippen molar-refractivity contribution in [2.75, 3.05) is 6.54 Å². The number of carbonyl (C=O) groups is 2. The lowest BCUT2D eigenvalue weighted by atomic mass is 10.0. The summed E-state index contributed by atoms with van der Waals surface area (Å²) in [5, 5.41) is 17.5. The largest absolute Gasteiger partial charge is 0.480 e. The van der Waals surface area contributed by atoms with Crippen molar-refractivity contribution in [3.05, 3.63) is 0 Å².